The molecule has 9 heteroatoms. The van der Waals surface area contributed by atoms with Gasteiger partial charge in [0.25, 0.3) is 5.56 Å². The van der Waals surface area contributed by atoms with Crippen LogP contribution in [0.3, 0.4) is 0 Å². The lowest BCUT2D eigenvalue weighted by Crippen LogP contribution is -2.41. The lowest BCUT2D eigenvalue weighted by molar-refractivity contribution is -0.121. The van der Waals surface area contributed by atoms with Crippen molar-refractivity contribution in [2.45, 2.75) is 12.8 Å². The van der Waals surface area contributed by atoms with Crippen LogP contribution in [0.25, 0.3) is 16.7 Å². The van der Waals surface area contributed by atoms with Crippen molar-refractivity contribution in [1.82, 2.24) is 20.4 Å². The summed E-state index contributed by atoms with van der Waals surface area (Å²) >= 11 is 0. The summed E-state index contributed by atoms with van der Waals surface area (Å²) in [7, 11) is 1.57. The molecule has 9 nitrogen and oxygen atoms in total. The van der Waals surface area contributed by atoms with Crippen LogP contribution in [0.5, 0.6) is 5.75 Å². The summed E-state index contributed by atoms with van der Waals surface area (Å²) in [5.41, 5.74) is 6.44. The second-order valence-electron chi connectivity index (χ2n) is 6.87. The highest BCUT2D eigenvalue weighted by Crippen LogP contribution is 2.19. The van der Waals surface area contributed by atoms with E-state index in [1.807, 2.05) is 24.3 Å². The van der Waals surface area contributed by atoms with Crippen LogP contribution in [-0.4, -0.2) is 28.5 Å². The summed E-state index contributed by atoms with van der Waals surface area (Å²) < 4.78 is 11.7. The van der Waals surface area contributed by atoms with Gasteiger partial charge in [0.2, 0.25) is 5.91 Å². The second-order valence-corrected chi connectivity index (χ2v) is 6.87. The van der Waals surface area contributed by atoms with Gasteiger partial charge in [-0.05, 0) is 48.5 Å². The zero-order valence-corrected chi connectivity index (χ0v) is 17.2. The maximum Gasteiger partial charge on any atom is 0.305 e. The average molecular weight is 432 g/mol. The Labute approximate surface area is 182 Å². The van der Waals surface area contributed by atoms with Crippen molar-refractivity contribution in [3.8, 4) is 11.4 Å². The van der Waals surface area contributed by atoms with E-state index in [2.05, 4.69) is 15.8 Å². The first kappa shape index (κ1) is 20.9. The van der Waals surface area contributed by atoms with Crippen molar-refractivity contribution in [3.05, 3.63) is 88.7 Å². The molecule has 4 aromatic rings. The molecule has 0 atom stereocenters. The first-order chi connectivity index (χ1) is 15.6. The number of amides is 2. The lowest BCUT2D eigenvalue weighted by atomic mass is 10.2. The van der Waals surface area contributed by atoms with Gasteiger partial charge in [-0.15, -0.1) is 0 Å². The van der Waals surface area contributed by atoms with Gasteiger partial charge >= 0.3 is 5.91 Å². The molecule has 0 radical (unpaired) electrons. The number of hydrazine groups is 1. The van der Waals surface area contributed by atoms with Gasteiger partial charge in [0.05, 0.1) is 24.4 Å². The number of carbonyl (C=O) groups is 2. The van der Waals surface area contributed by atoms with Crippen LogP contribution in [0.15, 0.2) is 76.1 Å². The molecule has 2 aromatic heterocycles. The van der Waals surface area contributed by atoms with Crippen molar-refractivity contribution < 1.29 is 18.7 Å². The number of aryl methyl sites for hydroxylation is 1. The third kappa shape index (κ3) is 4.36. The molecule has 162 valence electrons. The van der Waals surface area contributed by atoms with Crippen molar-refractivity contribution in [2.24, 2.45) is 0 Å². The highest BCUT2D eigenvalue weighted by molar-refractivity contribution is 5.92. The summed E-state index contributed by atoms with van der Waals surface area (Å²) in [4.78, 5) is 41.7. The Morgan fingerprint density at radius 1 is 1.03 bits per heavy atom. The van der Waals surface area contributed by atoms with Crippen LogP contribution in [0, 0.1) is 0 Å². The Morgan fingerprint density at radius 2 is 1.81 bits per heavy atom. The number of aromatic nitrogens is 2. The molecular weight excluding hydrogens is 412 g/mol. The minimum absolute atomic E-state index is 0.0401. The van der Waals surface area contributed by atoms with E-state index < -0.39 is 11.8 Å². The fourth-order valence-electron chi connectivity index (χ4n) is 3.22. The molecule has 4 rings (SSSR count). The van der Waals surface area contributed by atoms with Gasteiger partial charge in [0.1, 0.15) is 11.4 Å². The predicted octanol–water partition coefficient (Wildman–Crippen LogP) is 2.38. The maximum absolute atomic E-state index is 13.2. The second kappa shape index (κ2) is 9.17. The highest BCUT2D eigenvalue weighted by atomic mass is 16.5. The first-order valence-corrected chi connectivity index (χ1v) is 9.84. The van der Waals surface area contributed by atoms with Gasteiger partial charge in [-0.2, -0.15) is 0 Å². The van der Waals surface area contributed by atoms with Crippen molar-refractivity contribution in [1.29, 1.82) is 0 Å². The Morgan fingerprint density at radius 3 is 2.53 bits per heavy atom. The van der Waals surface area contributed by atoms with Gasteiger partial charge < -0.3 is 9.15 Å². The van der Waals surface area contributed by atoms with Gasteiger partial charge in [0.15, 0.2) is 5.76 Å². The normalized spacial score (nSPS) is 10.7. The van der Waals surface area contributed by atoms with Crippen LogP contribution in [0.1, 0.15) is 22.7 Å². The Hall–Kier alpha value is -4.40. The average Bonchev–Trinajstić information content (AvgIpc) is 3.36. The van der Waals surface area contributed by atoms with Crippen molar-refractivity contribution in [2.75, 3.05) is 7.11 Å². The molecule has 0 saturated heterocycles. The topological polar surface area (TPSA) is 115 Å². The third-order valence-electron chi connectivity index (χ3n) is 4.81. The Balaban J connectivity index is 1.55. The monoisotopic (exact) mass is 432 g/mol. The first-order valence-electron chi connectivity index (χ1n) is 9.84. The minimum Gasteiger partial charge on any atom is -0.497 e. The quantitative estimate of drug-likeness (QED) is 0.452. The van der Waals surface area contributed by atoms with E-state index >= 15 is 0 Å². The standard InChI is InChI=1S/C23H20N4O5/c1-31-16-10-8-15(9-11-16)27-19-6-3-2-5-17(19)24-18(23(27)30)12-13-21(28)25-26-22(29)20-7-4-14-32-20/h2-11,14H,12-13H2,1H3,(H,25,28)(H,26,29). The molecule has 0 bridgehead atoms. The van der Waals surface area contributed by atoms with E-state index in [9.17, 15) is 14.4 Å². The molecule has 0 aliphatic rings. The van der Waals surface area contributed by atoms with Crippen molar-refractivity contribution >= 4 is 22.8 Å². The smallest absolute Gasteiger partial charge is 0.305 e. The van der Waals surface area contributed by atoms with Crippen LogP contribution < -0.4 is 21.1 Å². The Kier molecular flexibility index (Phi) is 5.98. The van der Waals surface area contributed by atoms with E-state index in [1.54, 1.807) is 42.0 Å². The number of hydrogen-bond donors (Lipinski definition) is 2. The molecule has 0 aliphatic heterocycles. The number of ether oxygens (including phenoxy) is 1. The van der Waals surface area contributed by atoms with E-state index in [0.29, 0.717) is 22.5 Å². The zero-order chi connectivity index (χ0) is 22.5. The van der Waals surface area contributed by atoms with Crippen LogP contribution in [0.4, 0.5) is 0 Å². The van der Waals surface area contributed by atoms with E-state index in [1.165, 1.54) is 12.3 Å². The number of carbonyl (C=O) groups excluding carboxylic acids is 2. The van der Waals surface area contributed by atoms with Gasteiger partial charge in [-0.1, -0.05) is 12.1 Å². The number of benzene rings is 2. The molecule has 0 saturated carbocycles. The van der Waals surface area contributed by atoms with Crippen LogP contribution in [-0.2, 0) is 11.2 Å². The molecule has 0 aliphatic carbocycles. The van der Waals surface area contributed by atoms with E-state index in [4.69, 9.17) is 9.15 Å². The molecule has 0 fully saturated rings. The SMILES string of the molecule is COc1ccc(-n2c(=O)c(CCC(=O)NNC(=O)c3ccco3)nc3ccccc32)cc1. The summed E-state index contributed by atoms with van der Waals surface area (Å²) in [6.07, 6.45) is 1.42. The molecule has 2 aromatic carbocycles. The van der Waals surface area contributed by atoms with Crippen LogP contribution in [0.2, 0.25) is 0 Å². The molecule has 0 spiro atoms. The largest absolute Gasteiger partial charge is 0.497 e. The molecule has 2 amide bonds. The van der Waals surface area contributed by atoms with E-state index in [-0.39, 0.29) is 29.9 Å². The Bertz CT molecular complexity index is 1310. The summed E-state index contributed by atoms with van der Waals surface area (Å²) in [5, 5.41) is 0. The van der Waals surface area contributed by atoms with Gasteiger partial charge in [0, 0.05) is 18.5 Å². The minimum atomic E-state index is -0.575. The summed E-state index contributed by atoms with van der Waals surface area (Å²) in [6.45, 7) is 0. The number of nitrogens with zero attached hydrogens (tertiary/aromatic N) is 2. The third-order valence-corrected chi connectivity index (χ3v) is 4.81. The fourth-order valence-corrected chi connectivity index (χ4v) is 3.22. The number of para-hydroxylation sites is 2. The van der Waals surface area contributed by atoms with Gasteiger partial charge in [-0.25, -0.2) is 4.98 Å². The van der Waals surface area contributed by atoms with Crippen LogP contribution >= 0.6 is 0 Å². The number of rotatable bonds is 6. The highest BCUT2D eigenvalue weighted by Gasteiger charge is 2.15. The molecule has 32 heavy (non-hydrogen) atoms. The molecule has 0 unspecified atom stereocenters. The maximum atomic E-state index is 13.2. The molecular formula is C23H20N4O5. The fraction of sp³-hybridized carbons (Fsp3) is 0.130. The number of hydrogen-bond acceptors (Lipinski definition) is 6. The predicted molar refractivity (Wildman–Crippen MR) is 117 cm³/mol. The summed E-state index contributed by atoms with van der Waals surface area (Å²) in [6, 6.07) is 17.4. The lowest BCUT2D eigenvalue weighted by Gasteiger charge is -2.13. The summed E-state index contributed by atoms with van der Waals surface area (Å²) in [5.74, 6) is -0.290. The number of fused-ring (bicyclic) bond motifs is 1. The number of furan rings is 1. The molecule has 2 heterocycles. The van der Waals surface area contributed by atoms with Gasteiger partial charge in [-0.3, -0.25) is 29.8 Å². The number of nitrogens with one attached hydrogen (secondary N) is 2. The number of methoxy groups -OCH3 is 1. The van der Waals surface area contributed by atoms with E-state index in [0.717, 1.165) is 0 Å². The zero-order valence-electron chi connectivity index (χ0n) is 17.2. The van der Waals surface area contributed by atoms with Crippen molar-refractivity contribution in [3.63, 3.8) is 0 Å². The molecule has 2 N–H and O–H groups in total.